The number of carbonyl (C=O) groups is 5. The van der Waals surface area contributed by atoms with E-state index in [1.54, 1.807) is 42.5 Å². The molecule has 0 saturated heterocycles. The van der Waals surface area contributed by atoms with Crippen molar-refractivity contribution in [3.8, 4) is 0 Å². The highest BCUT2D eigenvalue weighted by molar-refractivity contribution is 5.98. The second kappa shape index (κ2) is 15.1. The minimum absolute atomic E-state index is 0.0491. The van der Waals surface area contributed by atoms with E-state index in [9.17, 15) is 29.1 Å². The molecule has 0 heterocycles. The molecule has 0 bridgehead atoms. The second-order valence-electron chi connectivity index (χ2n) is 8.46. The standard InChI is InChI=1S/C28H29N5O7/c34-24(29-16-23(26(36)37)33-28(39)40-18-20-10-5-2-6-11-20)17-30-25(35)21-12-7-13-22(14-21)32-27(38)31-15-19-8-3-1-4-9-19/h1-14,23H,15-18H2,(H,29,34)(H,30,35)(H,33,39)(H,36,37)(H2,31,32,38)/t23-/m1/s1. The van der Waals surface area contributed by atoms with Gasteiger partial charge in [-0.15, -0.1) is 0 Å². The molecule has 0 spiro atoms. The maximum Gasteiger partial charge on any atom is 0.408 e. The van der Waals surface area contributed by atoms with Crippen molar-refractivity contribution in [1.29, 1.82) is 0 Å². The average Bonchev–Trinajstić information content (AvgIpc) is 2.97. The Morgan fingerprint density at radius 2 is 1.45 bits per heavy atom. The molecular weight excluding hydrogens is 518 g/mol. The zero-order chi connectivity index (χ0) is 28.7. The molecule has 0 aliphatic carbocycles. The van der Waals surface area contributed by atoms with Crippen LogP contribution in [-0.4, -0.2) is 54.1 Å². The SMILES string of the molecule is O=C(CNC(=O)c1cccc(NC(=O)NCc2ccccc2)c1)NC[C@@H](NC(=O)OCc1ccccc1)C(=O)O. The lowest BCUT2D eigenvalue weighted by Crippen LogP contribution is -2.50. The molecule has 3 aromatic rings. The number of benzene rings is 3. The monoisotopic (exact) mass is 547 g/mol. The lowest BCUT2D eigenvalue weighted by Gasteiger charge is -2.15. The number of urea groups is 1. The summed E-state index contributed by atoms with van der Waals surface area (Å²) in [4.78, 5) is 60.3. The number of anilines is 1. The van der Waals surface area contributed by atoms with Crippen molar-refractivity contribution in [2.75, 3.05) is 18.4 Å². The molecule has 6 N–H and O–H groups in total. The molecule has 0 unspecified atom stereocenters. The van der Waals surface area contributed by atoms with Gasteiger partial charge < -0.3 is 36.4 Å². The number of hydrogen-bond donors (Lipinski definition) is 6. The van der Waals surface area contributed by atoms with Gasteiger partial charge in [-0.2, -0.15) is 0 Å². The first-order valence-electron chi connectivity index (χ1n) is 12.2. The van der Waals surface area contributed by atoms with Crippen molar-refractivity contribution in [2.24, 2.45) is 0 Å². The molecule has 208 valence electrons. The lowest BCUT2D eigenvalue weighted by atomic mass is 10.2. The quantitative estimate of drug-likeness (QED) is 0.202. The first-order valence-corrected chi connectivity index (χ1v) is 12.2. The van der Waals surface area contributed by atoms with Gasteiger partial charge in [-0.25, -0.2) is 14.4 Å². The van der Waals surface area contributed by atoms with Crippen LogP contribution in [-0.2, 0) is 27.5 Å². The van der Waals surface area contributed by atoms with Crippen LogP contribution in [0.15, 0.2) is 84.9 Å². The van der Waals surface area contributed by atoms with E-state index in [1.165, 1.54) is 12.1 Å². The number of nitrogens with one attached hydrogen (secondary N) is 5. The van der Waals surface area contributed by atoms with Crippen LogP contribution in [0.1, 0.15) is 21.5 Å². The number of rotatable bonds is 12. The van der Waals surface area contributed by atoms with E-state index in [-0.39, 0.29) is 12.2 Å². The highest BCUT2D eigenvalue weighted by Crippen LogP contribution is 2.11. The van der Waals surface area contributed by atoms with E-state index in [4.69, 9.17) is 4.74 Å². The van der Waals surface area contributed by atoms with Crippen LogP contribution < -0.4 is 26.6 Å². The van der Waals surface area contributed by atoms with Gasteiger partial charge in [0.1, 0.15) is 12.6 Å². The average molecular weight is 548 g/mol. The van der Waals surface area contributed by atoms with Gasteiger partial charge in [0.2, 0.25) is 5.91 Å². The minimum atomic E-state index is -1.45. The first kappa shape index (κ1) is 29.2. The molecule has 3 aromatic carbocycles. The first-order chi connectivity index (χ1) is 19.3. The fourth-order valence-electron chi connectivity index (χ4n) is 3.34. The number of ether oxygens (including phenoxy) is 1. The van der Waals surface area contributed by atoms with Crippen LogP contribution in [0.5, 0.6) is 0 Å². The molecule has 1 atom stereocenters. The van der Waals surface area contributed by atoms with Gasteiger partial charge in [0, 0.05) is 24.3 Å². The number of carbonyl (C=O) groups excluding carboxylic acids is 4. The molecule has 5 amide bonds. The number of aliphatic carboxylic acids is 1. The van der Waals surface area contributed by atoms with Crippen molar-refractivity contribution < 1.29 is 33.8 Å². The fourth-order valence-corrected chi connectivity index (χ4v) is 3.34. The van der Waals surface area contributed by atoms with Crippen molar-refractivity contribution >= 4 is 35.6 Å². The molecule has 3 rings (SSSR count). The molecule has 0 aliphatic rings. The Hall–Kier alpha value is -5.39. The smallest absolute Gasteiger partial charge is 0.408 e. The number of carboxylic acids is 1. The fraction of sp³-hybridized carbons (Fsp3) is 0.179. The number of hydrogen-bond acceptors (Lipinski definition) is 6. The Bertz CT molecular complexity index is 1320. The van der Waals surface area contributed by atoms with Crippen LogP contribution in [0.3, 0.4) is 0 Å². The normalized spacial score (nSPS) is 10.9. The third-order valence-corrected chi connectivity index (χ3v) is 5.39. The van der Waals surface area contributed by atoms with Gasteiger partial charge in [0.25, 0.3) is 5.91 Å². The molecule has 12 heteroatoms. The number of carboxylic acid groups (broad SMARTS) is 1. The van der Waals surface area contributed by atoms with Gasteiger partial charge in [0.05, 0.1) is 6.54 Å². The third-order valence-electron chi connectivity index (χ3n) is 5.39. The van der Waals surface area contributed by atoms with Crippen LogP contribution in [0, 0.1) is 0 Å². The summed E-state index contributed by atoms with van der Waals surface area (Å²) in [6.07, 6.45) is -0.957. The molecule has 0 aliphatic heterocycles. The molecule has 0 fully saturated rings. The van der Waals surface area contributed by atoms with Gasteiger partial charge in [-0.3, -0.25) is 9.59 Å². The summed E-state index contributed by atoms with van der Waals surface area (Å²) in [5, 5.41) is 21.6. The van der Waals surface area contributed by atoms with E-state index < -0.39 is 49.0 Å². The maximum atomic E-state index is 12.5. The summed E-state index contributed by atoms with van der Waals surface area (Å²) >= 11 is 0. The van der Waals surface area contributed by atoms with Crippen LogP contribution in [0.2, 0.25) is 0 Å². The van der Waals surface area contributed by atoms with Crippen LogP contribution >= 0.6 is 0 Å². The Morgan fingerprint density at radius 1 is 0.775 bits per heavy atom. The Labute approximate surface area is 230 Å². The Balaban J connectivity index is 1.40. The summed E-state index contributed by atoms with van der Waals surface area (Å²) in [5.74, 6) is -2.63. The zero-order valence-corrected chi connectivity index (χ0v) is 21.4. The summed E-state index contributed by atoms with van der Waals surface area (Å²) < 4.78 is 5.00. The van der Waals surface area contributed by atoms with E-state index in [0.717, 1.165) is 11.1 Å². The van der Waals surface area contributed by atoms with E-state index in [2.05, 4.69) is 26.6 Å². The summed E-state index contributed by atoms with van der Waals surface area (Å²) in [6, 6.07) is 22.4. The van der Waals surface area contributed by atoms with Gasteiger partial charge in [0.15, 0.2) is 0 Å². The van der Waals surface area contributed by atoms with Crippen molar-refractivity contribution in [2.45, 2.75) is 19.2 Å². The molecule has 40 heavy (non-hydrogen) atoms. The number of amides is 5. The summed E-state index contributed by atoms with van der Waals surface area (Å²) in [6.45, 7) is -0.595. The van der Waals surface area contributed by atoms with Crippen LogP contribution in [0.4, 0.5) is 15.3 Å². The van der Waals surface area contributed by atoms with Gasteiger partial charge in [-0.05, 0) is 29.3 Å². The van der Waals surface area contributed by atoms with E-state index in [0.29, 0.717) is 12.2 Å². The summed E-state index contributed by atoms with van der Waals surface area (Å²) in [5.41, 5.74) is 2.22. The topological polar surface area (TPSA) is 175 Å². The number of alkyl carbamates (subject to hydrolysis) is 1. The highest BCUT2D eigenvalue weighted by atomic mass is 16.5. The van der Waals surface area contributed by atoms with E-state index >= 15 is 0 Å². The molecular formula is C28H29N5O7. The minimum Gasteiger partial charge on any atom is -0.480 e. The van der Waals surface area contributed by atoms with E-state index in [1.807, 2.05) is 30.3 Å². The zero-order valence-electron chi connectivity index (χ0n) is 21.4. The lowest BCUT2D eigenvalue weighted by molar-refractivity contribution is -0.139. The molecule has 0 aromatic heterocycles. The Kier molecular flexibility index (Phi) is 11.0. The van der Waals surface area contributed by atoms with Crippen molar-refractivity contribution in [3.63, 3.8) is 0 Å². The third kappa shape index (κ3) is 10.2. The largest absolute Gasteiger partial charge is 0.480 e. The predicted molar refractivity (Wildman–Crippen MR) is 145 cm³/mol. The van der Waals surface area contributed by atoms with Gasteiger partial charge >= 0.3 is 18.1 Å². The molecule has 12 nitrogen and oxygen atoms in total. The predicted octanol–water partition coefficient (Wildman–Crippen LogP) is 2.23. The summed E-state index contributed by atoms with van der Waals surface area (Å²) in [7, 11) is 0. The van der Waals surface area contributed by atoms with Crippen LogP contribution in [0.25, 0.3) is 0 Å². The highest BCUT2D eigenvalue weighted by Gasteiger charge is 2.21. The molecule has 0 saturated carbocycles. The molecule has 0 radical (unpaired) electrons. The Morgan fingerprint density at radius 3 is 2.12 bits per heavy atom. The van der Waals surface area contributed by atoms with Crippen molar-refractivity contribution in [1.82, 2.24) is 21.3 Å². The van der Waals surface area contributed by atoms with Crippen molar-refractivity contribution in [3.05, 3.63) is 102 Å². The van der Waals surface area contributed by atoms with Gasteiger partial charge in [-0.1, -0.05) is 66.7 Å². The second-order valence-corrected chi connectivity index (χ2v) is 8.46. The maximum absolute atomic E-state index is 12.5.